The Balaban J connectivity index is 2.03. The van der Waals surface area contributed by atoms with Crippen LogP contribution in [0, 0.1) is 5.82 Å². The second kappa shape index (κ2) is 7.63. The van der Waals surface area contributed by atoms with E-state index in [2.05, 4.69) is 4.74 Å². The van der Waals surface area contributed by atoms with Crippen LogP contribution < -0.4 is 10.5 Å². The van der Waals surface area contributed by atoms with Crippen LogP contribution in [0.5, 0.6) is 5.75 Å². The van der Waals surface area contributed by atoms with Crippen molar-refractivity contribution >= 4 is 0 Å². The Morgan fingerprint density at radius 3 is 2.46 bits per heavy atom. The highest BCUT2D eigenvalue weighted by atomic mass is 19.4. The summed E-state index contributed by atoms with van der Waals surface area (Å²) in [5, 5.41) is 10.2. The van der Waals surface area contributed by atoms with E-state index >= 15 is 0 Å². The molecule has 24 heavy (non-hydrogen) atoms. The fraction of sp³-hybridized carbons (Fsp3) is 0.294. The zero-order chi connectivity index (χ0) is 17.7. The van der Waals surface area contributed by atoms with Crippen LogP contribution in [0.3, 0.4) is 0 Å². The molecule has 130 valence electrons. The van der Waals surface area contributed by atoms with Crippen molar-refractivity contribution in [1.29, 1.82) is 0 Å². The monoisotopic (exact) mass is 343 g/mol. The van der Waals surface area contributed by atoms with E-state index in [1.165, 1.54) is 36.4 Å². The molecule has 7 heteroatoms. The van der Waals surface area contributed by atoms with Crippen LogP contribution in [0.15, 0.2) is 48.5 Å². The van der Waals surface area contributed by atoms with Crippen molar-refractivity contribution < 1.29 is 27.4 Å². The van der Waals surface area contributed by atoms with Crippen molar-refractivity contribution in [1.82, 2.24) is 0 Å². The molecular formula is C17H17F4NO2. The van der Waals surface area contributed by atoms with Gasteiger partial charge in [0.15, 0.2) is 6.61 Å². The van der Waals surface area contributed by atoms with Gasteiger partial charge in [-0.3, -0.25) is 0 Å². The van der Waals surface area contributed by atoms with Gasteiger partial charge in [0.1, 0.15) is 11.6 Å². The van der Waals surface area contributed by atoms with Crippen LogP contribution in [0.2, 0.25) is 0 Å². The number of aliphatic hydroxyl groups excluding tert-OH is 1. The lowest BCUT2D eigenvalue weighted by molar-refractivity contribution is -0.153. The molecular weight excluding hydrogens is 326 g/mol. The van der Waals surface area contributed by atoms with Crippen LogP contribution in [-0.4, -0.2) is 23.9 Å². The molecule has 0 heterocycles. The van der Waals surface area contributed by atoms with E-state index in [0.717, 1.165) is 0 Å². The van der Waals surface area contributed by atoms with Crippen LogP contribution in [-0.2, 0) is 6.42 Å². The number of ether oxygens (including phenoxy) is 1. The predicted molar refractivity (Wildman–Crippen MR) is 81.0 cm³/mol. The van der Waals surface area contributed by atoms with Crippen LogP contribution >= 0.6 is 0 Å². The molecule has 3 N–H and O–H groups in total. The molecule has 0 aliphatic carbocycles. The average Bonchev–Trinajstić information content (AvgIpc) is 2.52. The minimum absolute atomic E-state index is 0.0532. The van der Waals surface area contributed by atoms with Gasteiger partial charge in [-0.25, -0.2) is 4.39 Å². The number of hydrogen-bond donors (Lipinski definition) is 2. The van der Waals surface area contributed by atoms with Gasteiger partial charge in [-0.1, -0.05) is 30.3 Å². The molecule has 0 bridgehead atoms. The molecule has 0 saturated carbocycles. The molecule has 3 nitrogen and oxygen atoms in total. The summed E-state index contributed by atoms with van der Waals surface area (Å²) in [6, 6.07) is 10.9. The highest BCUT2D eigenvalue weighted by Crippen LogP contribution is 2.23. The van der Waals surface area contributed by atoms with Crippen LogP contribution in [0.1, 0.15) is 17.2 Å². The number of alkyl halides is 3. The first kappa shape index (κ1) is 18.2. The molecule has 0 aliphatic rings. The smallest absolute Gasteiger partial charge is 0.422 e. The van der Waals surface area contributed by atoms with Gasteiger partial charge in [0.25, 0.3) is 0 Å². The van der Waals surface area contributed by atoms with Gasteiger partial charge in [-0.05, 0) is 30.2 Å². The maximum absolute atomic E-state index is 13.7. The first-order valence-electron chi connectivity index (χ1n) is 7.23. The molecule has 2 rings (SSSR count). The minimum Gasteiger partial charge on any atom is -0.484 e. The fourth-order valence-electron chi connectivity index (χ4n) is 2.26. The van der Waals surface area contributed by atoms with Crippen molar-refractivity contribution in [3.05, 3.63) is 65.5 Å². The second-order valence-electron chi connectivity index (χ2n) is 5.39. The lowest BCUT2D eigenvalue weighted by Gasteiger charge is -2.20. The van der Waals surface area contributed by atoms with Gasteiger partial charge >= 0.3 is 6.18 Å². The van der Waals surface area contributed by atoms with Gasteiger partial charge in [-0.2, -0.15) is 13.2 Å². The van der Waals surface area contributed by atoms with Gasteiger partial charge in [-0.15, -0.1) is 0 Å². The molecule has 0 saturated heterocycles. The van der Waals surface area contributed by atoms with Gasteiger partial charge < -0.3 is 15.6 Å². The van der Waals surface area contributed by atoms with E-state index in [-0.39, 0.29) is 17.7 Å². The van der Waals surface area contributed by atoms with E-state index < -0.39 is 30.7 Å². The van der Waals surface area contributed by atoms with E-state index in [0.29, 0.717) is 5.56 Å². The van der Waals surface area contributed by atoms with E-state index in [4.69, 9.17) is 5.73 Å². The van der Waals surface area contributed by atoms with Crippen molar-refractivity contribution in [2.45, 2.75) is 24.7 Å². The Bertz CT molecular complexity index is 676. The first-order chi connectivity index (χ1) is 11.3. The molecule has 0 radical (unpaired) electrons. The van der Waals surface area contributed by atoms with Crippen molar-refractivity contribution in [3.8, 4) is 5.75 Å². The first-order valence-corrected chi connectivity index (χ1v) is 7.23. The molecule has 0 spiro atoms. The predicted octanol–water partition coefficient (Wildman–Crippen LogP) is 3.37. The summed E-state index contributed by atoms with van der Waals surface area (Å²) in [6.45, 7) is -1.39. The number of aliphatic hydroxyl groups is 1. The third-order valence-electron chi connectivity index (χ3n) is 3.40. The van der Waals surface area contributed by atoms with Gasteiger partial charge in [0.2, 0.25) is 0 Å². The summed E-state index contributed by atoms with van der Waals surface area (Å²) in [5.41, 5.74) is 6.57. The molecule has 2 aromatic rings. The highest BCUT2D eigenvalue weighted by molar-refractivity contribution is 5.30. The highest BCUT2D eigenvalue weighted by Gasteiger charge is 2.28. The lowest BCUT2D eigenvalue weighted by Crippen LogP contribution is -2.31. The molecule has 2 unspecified atom stereocenters. The molecule has 0 aromatic heterocycles. The third kappa shape index (κ3) is 5.21. The molecule has 0 fully saturated rings. The number of benzene rings is 2. The number of nitrogens with two attached hydrogens (primary N) is 1. The maximum Gasteiger partial charge on any atom is 0.422 e. The third-order valence-corrected chi connectivity index (χ3v) is 3.40. The Hall–Kier alpha value is -2.12. The summed E-state index contributed by atoms with van der Waals surface area (Å²) < 4.78 is 54.9. The molecule has 0 amide bonds. The largest absolute Gasteiger partial charge is 0.484 e. The summed E-state index contributed by atoms with van der Waals surface area (Å²) in [5.74, 6) is -0.514. The zero-order valence-electron chi connectivity index (χ0n) is 12.6. The molecule has 2 aromatic carbocycles. The molecule has 2 atom stereocenters. The summed E-state index contributed by atoms with van der Waals surface area (Å²) in [4.78, 5) is 0. The lowest BCUT2D eigenvalue weighted by atomic mass is 9.96. The standard InChI is InChI=1S/C17H17F4NO2/c18-14-7-2-1-6-13(14)16(23)15(22)9-11-4-3-5-12(8-11)24-10-17(19,20)21/h1-8,15-16,23H,9-10,22H2. The summed E-state index contributed by atoms with van der Waals surface area (Å²) in [7, 11) is 0. The number of halogens is 4. The SMILES string of the molecule is NC(Cc1cccc(OCC(F)(F)F)c1)C(O)c1ccccc1F. The van der Waals surface area contributed by atoms with E-state index in [1.54, 1.807) is 12.1 Å². The minimum atomic E-state index is -4.42. The maximum atomic E-state index is 13.7. The average molecular weight is 343 g/mol. The zero-order valence-corrected chi connectivity index (χ0v) is 12.6. The number of rotatable bonds is 6. The fourth-order valence-corrected chi connectivity index (χ4v) is 2.26. The van der Waals surface area contributed by atoms with Crippen molar-refractivity contribution in [2.24, 2.45) is 5.73 Å². The Kier molecular flexibility index (Phi) is 5.80. The second-order valence-corrected chi connectivity index (χ2v) is 5.39. The van der Waals surface area contributed by atoms with Gasteiger partial charge in [0.05, 0.1) is 6.10 Å². The Morgan fingerprint density at radius 1 is 1.08 bits per heavy atom. The normalized spacial score (nSPS) is 14.2. The Labute approximate surface area is 136 Å². The molecule has 0 aliphatic heterocycles. The van der Waals surface area contributed by atoms with Crippen molar-refractivity contribution in [3.63, 3.8) is 0 Å². The van der Waals surface area contributed by atoms with Crippen molar-refractivity contribution in [2.75, 3.05) is 6.61 Å². The quantitative estimate of drug-likeness (QED) is 0.791. The van der Waals surface area contributed by atoms with Crippen LogP contribution in [0.25, 0.3) is 0 Å². The topological polar surface area (TPSA) is 55.5 Å². The Morgan fingerprint density at radius 2 is 1.79 bits per heavy atom. The summed E-state index contributed by atoms with van der Waals surface area (Å²) >= 11 is 0. The van der Waals surface area contributed by atoms with Crippen LogP contribution in [0.4, 0.5) is 17.6 Å². The van der Waals surface area contributed by atoms with E-state index in [1.807, 2.05) is 0 Å². The number of hydrogen-bond acceptors (Lipinski definition) is 3. The summed E-state index contributed by atoms with van der Waals surface area (Å²) in [6.07, 6.45) is -5.50. The van der Waals surface area contributed by atoms with E-state index in [9.17, 15) is 22.7 Å². The van der Waals surface area contributed by atoms with Gasteiger partial charge in [0, 0.05) is 11.6 Å².